The summed E-state index contributed by atoms with van der Waals surface area (Å²) in [5.41, 5.74) is 5.49. The van der Waals surface area contributed by atoms with E-state index in [9.17, 15) is 0 Å². The molecule has 0 bridgehead atoms. The van der Waals surface area contributed by atoms with Crippen LogP contribution in [0.4, 0.5) is 0 Å². The molecule has 0 fully saturated rings. The number of hydrazine groups is 1. The van der Waals surface area contributed by atoms with Crippen molar-refractivity contribution in [2.45, 2.75) is 53.5 Å². The second kappa shape index (κ2) is 6.30. The molecule has 102 valence electrons. The normalized spacial score (nSPS) is 15.4. The highest BCUT2D eigenvalue weighted by Crippen LogP contribution is 2.30. The molecule has 1 heterocycles. The summed E-state index contributed by atoms with van der Waals surface area (Å²) in [6, 6.07) is 4.33. The van der Waals surface area contributed by atoms with Crippen molar-refractivity contribution in [3.05, 3.63) is 29.6 Å². The van der Waals surface area contributed by atoms with Gasteiger partial charge >= 0.3 is 0 Å². The fourth-order valence-electron chi connectivity index (χ4n) is 2.52. The Morgan fingerprint density at radius 1 is 1.33 bits per heavy atom. The predicted molar refractivity (Wildman–Crippen MR) is 76.9 cm³/mol. The maximum atomic E-state index is 5.68. The first kappa shape index (κ1) is 15.1. The van der Waals surface area contributed by atoms with Gasteiger partial charge in [0.25, 0.3) is 0 Å². The van der Waals surface area contributed by atoms with E-state index in [0.717, 1.165) is 12.1 Å². The minimum atomic E-state index is 0.190. The third kappa shape index (κ3) is 5.15. The van der Waals surface area contributed by atoms with Gasteiger partial charge < -0.3 is 0 Å². The summed E-state index contributed by atoms with van der Waals surface area (Å²) >= 11 is 0. The Bertz CT molecular complexity index is 351. The highest BCUT2D eigenvalue weighted by molar-refractivity contribution is 5.17. The molecule has 1 aromatic rings. The van der Waals surface area contributed by atoms with Crippen LogP contribution in [-0.2, 0) is 0 Å². The van der Waals surface area contributed by atoms with E-state index in [-0.39, 0.29) is 6.04 Å². The molecule has 3 N–H and O–H groups in total. The van der Waals surface area contributed by atoms with E-state index in [2.05, 4.69) is 44.2 Å². The third-order valence-corrected chi connectivity index (χ3v) is 3.14. The molecule has 0 aromatic carbocycles. The number of aromatic nitrogens is 1. The first-order valence-electron chi connectivity index (χ1n) is 6.70. The number of hydrogen-bond acceptors (Lipinski definition) is 3. The Balaban J connectivity index is 2.64. The van der Waals surface area contributed by atoms with Crippen molar-refractivity contribution in [1.29, 1.82) is 0 Å². The predicted octanol–water partition coefficient (Wildman–Crippen LogP) is 3.36. The van der Waals surface area contributed by atoms with Crippen LogP contribution in [0.5, 0.6) is 0 Å². The van der Waals surface area contributed by atoms with Crippen molar-refractivity contribution >= 4 is 0 Å². The van der Waals surface area contributed by atoms with Crippen LogP contribution in [0.2, 0.25) is 0 Å². The highest BCUT2D eigenvalue weighted by Gasteiger charge is 2.19. The van der Waals surface area contributed by atoms with Crippen molar-refractivity contribution in [1.82, 2.24) is 10.4 Å². The van der Waals surface area contributed by atoms with Gasteiger partial charge in [0.15, 0.2) is 0 Å². The van der Waals surface area contributed by atoms with E-state index < -0.39 is 0 Å². The molecule has 0 aliphatic rings. The van der Waals surface area contributed by atoms with E-state index in [1.807, 2.05) is 19.2 Å². The lowest BCUT2D eigenvalue weighted by Crippen LogP contribution is -2.30. The van der Waals surface area contributed by atoms with E-state index in [0.29, 0.717) is 11.3 Å². The molecule has 0 saturated carbocycles. The molecule has 0 aliphatic carbocycles. The number of nitrogens with zero attached hydrogens (tertiary/aromatic N) is 1. The van der Waals surface area contributed by atoms with Crippen molar-refractivity contribution in [2.24, 2.45) is 17.2 Å². The first-order chi connectivity index (χ1) is 8.31. The molecule has 1 aromatic heterocycles. The lowest BCUT2D eigenvalue weighted by atomic mass is 9.82. The highest BCUT2D eigenvalue weighted by atomic mass is 15.2. The quantitative estimate of drug-likeness (QED) is 0.621. The molecule has 2 unspecified atom stereocenters. The minimum Gasteiger partial charge on any atom is -0.271 e. The Kier molecular flexibility index (Phi) is 5.29. The molecule has 3 nitrogen and oxygen atoms in total. The molecule has 18 heavy (non-hydrogen) atoms. The average Bonchev–Trinajstić information content (AvgIpc) is 2.25. The van der Waals surface area contributed by atoms with E-state index in [1.165, 1.54) is 12.0 Å². The van der Waals surface area contributed by atoms with Crippen LogP contribution in [0.15, 0.2) is 18.3 Å². The van der Waals surface area contributed by atoms with Gasteiger partial charge in [0, 0.05) is 17.9 Å². The van der Waals surface area contributed by atoms with Crippen LogP contribution in [0, 0.1) is 18.3 Å². The van der Waals surface area contributed by atoms with Gasteiger partial charge in [-0.25, -0.2) is 0 Å². The maximum Gasteiger partial charge on any atom is 0.0477 e. The standard InChI is InChI=1S/C15H27N3/c1-11(9-15(3,4)5)8-14(18-16)13-7-6-12(2)17-10-13/h6-7,10-11,14,18H,8-9,16H2,1-5H3. The SMILES string of the molecule is Cc1ccc(C(CC(C)CC(C)(C)C)NN)cn1. The lowest BCUT2D eigenvalue weighted by Gasteiger charge is -2.26. The van der Waals surface area contributed by atoms with Crippen molar-refractivity contribution in [3.63, 3.8) is 0 Å². The zero-order valence-electron chi connectivity index (χ0n) is 12.3. The Hall–Kier alpha value is -0.930. The molecule has 0 radical (unpaired) electrons. The second-order valence-electron chi connectivity index (χ2n) is 6.56. The van der Waals surface area contributed by atoms with Gasteiger partial charge in [0.1, 0.15) is 0 Å². The first-order valence-corrected chi connectivity index (χ1v) is 6.70. The Labute approximate surface area is 111 Å². The fourth-order valence-corrected chi connectivity index (χ4v) is 2.52. The van der Waals surface area contributed by atoms with Crippen molar-refractivity contribution in [3.8, 4) is 0 Å². The summed E-state index contributed by atoms with van der Waals surface area (Å²) in [6.07, 6.45) is 4.16. The molecule has 3 heteroatoms. The van der Waals surface area contributed by atoms with Gasteiger partial charge in [-0.05, 0) is 42.7 Å². The summed E-state index contributed by atoms with van der Waals surface area (Å²) in [7, 11) is 0. The van der Waals surface area contributed by atoms with Crippen LogP contribution in [-0.4, -0.2) is 4.98 Å². The molecular formula is C15H27N3. The van der Waals surface area contributed by atoms with E-state index in [1.54, 1.807) is 0 Å². The van der Waals surface area contributed by atoms with Gasteiger partial charge in [-0.15, -0.1) is 0 Å². The molecular weight excluding hydrogens is 222 g/mol. The smallest absolute Gasteiger partial charge is 0.0477 e. The summed E-state index contributed by atoms with van der Waals surface area (Å²) in [5.74, 6) is 6.31. The van der Waals surface area contributed by atoms with Crippen molar-refractivity contribution < 1.29 is 0 Å². The molecule has 1 rings (SSSR count). The number of pyridine rings is 1. The van der Waals surface area contributed by atoms with Crippen LogP contribution in [0.1, 0.15) is 57.8 Å². The topological polar surface area (TPSA) is 50.9 Å². The second-order valence-corrected chi connectivity index (χ2v) is 6.56. The average molecular weight is 249 g/mol. The molecule has 0 aliphatic heterocycles. The molecule has 0 amide bonds. The van der Waals surface area contributed by atoms with Crippen LogP contribution in [0.25, 0.3) is 0 Å². The summed E-state index contributed by atoms with van der Waals surface area (Å²) in [4.78, 5) is 4.33. The fraction of sp³-hybridized carbons (Fsp3) is 0.667. The van der Waals surface area contributed by atoms with Crippen LogP contribution in [0.3, 0.4) is 0 Å². The number of aryl methyl sites for hydroxylation is 1. The minimum absolute atomic E-state index is 0.190. The lowest BCUT2D eigenvalue weighted by molar-refractivity contribution is 0.276. The Morgan fingerprint density at radius 2 is 2.00 bits per heavy atom. The van der Waals surface area contributed by atoms with Gasteiger partial charge in [-0.3, -0.25) is 16.3 Å². The Morgan fingerprint density at radius 3 is 2.44 bits per heavy atom. The monoisotopic (exact) mass is 249 g/mol. The zero-order valence-corrected chi connectivity index (χ0v) is 12.3. The maximum absolute atomic E-state index is 5.68. The molecule has 0 spiro atoms. The van der Waals surface area contributed by atoms with Crippen LogP contribution < -0.4 is 11.3 Å². The summed E-state index contributed by atoms with van der Waals surface area (Å²) in [6.45, 7) is 11.1. The van der Waals surface area contributed by atoms with E-state index in [4.69, 9.17) is 5.84 Å². The van der Waals surface area contributed by atoms with Crippen molar-refractivity contribution in [2.75, 3.05) is 0 Å². The number of nitrogens with one attached hydrogen (secondary N) is 1. The van der Waals surface area contributed by atoms with Crippen LogP contribution >= 0.6 is 0 Å². The number of nitrogens with two attached hydrogens (primary N) is 1. The zero-order chi connectivity index (χ0) is 13.8. The van der Waals surface area contributed by atoms with Gasteiger partial charge in [-0.1, -0.05) is 33.8 Å². The van der Waals surface area contributed by atoms with E-state index >= 15 is 0 Å². The van der Waals surface area contributed by atoms with Gasteiger partial charge in [0.05, 0.1) is 0 Å². The van der Waals surface area contributed by atoms with Gasteiger partial charge in [-0.2, -0.15) is 0 Å². The van der Waals surface area contributed by atoms with Gasteiger partial charge in [0.2, 0.25) is 0 Å². The summed E-state index contributed by atoms with van der Waals surface area (Å²) < 4.78 is 0. The largest absolute Gasteiger partial charge is 0.271 e. The molecule has 2 atom stereocenters. The number of rotatable bonds is 5. The molecule has 0 saturated heterocycles. The summed E-state index contributed by atoms with van der Waals surface area (Å²) in [5, 5.41) is 0. The third-order valence-electron chi connectivity index (χ3n) is 3.14. The number of hydrogen-bond donors (Lipinski definition) is 2.